The number of hydrogen-bond acceptors (Lipinski definition) is 3. The van der Waals surface area contributed by atoms with Gasteiger partial charge in [-0.2, -0.15) is 0 Å². The molecular weight excluding hydrogens is 346 g/mol. The van der Waals surface area contributed by atoms with Crippen molar-refractivity contribution in [1.29, 1.82) is 0 Å². The van der Waals surface area contributed by atoms with Crippen LogP contribution >= 0.6 is 0 Å². The first-order chi connectivity index (χ1) is 13.3. The van der Waals surface area contributed by atoms with E-state index in [9.17, 15) is 9.90 Å². The Morgan fingerprint density at radius 1 is 0.786 bits per heavy atom. The van der Waals surface area contributed by atoms with Crippen LogP contribution in [-0.2, 0) is 17.9 Å². The van der Waals surface area contributed by atoms with Crippen LogP contribution in [0.1, 0.15) is 45.7 Å². The maximum atomic E-state index is 13.5. The Kier molecular flexibility index (Phi) is 8.40. The van der Waals surface area contributed by atoms with E-state index < -0.39 is 6.10 Å². The zero-order valence-electron chi connectivity index (χ0n) is 17.9. The van der Waals surface area contributed by atoms with Crippen LogP contribution in [0.3, 0.4) is 0 Å². The molecule has 3 nitrogen and oxygen atoms in total. The molecule has 0 saturated heterocycles. The Morgan fingerprint density at radius 3 is 1.57 bits per heavy atom. The predicted molar refractivity (Wildman–Crippen MR) is 116 cm³/mol. The second-order valence-corrected chi connectivity index (χ2v) is 8.49. The summed E-state index contributed by atoms with van der Waals surface area (Å²) in [6.45, 7) is 11.4. The van der Waals surface area contributed by atoms with Gasteiger partial charge in [0.1, 0.15) is 0 Å². The van der Waals surface area contributed by atoms with Gasteiger partial charge in [0.15, 0.2) is 5.78 Å². The standard InChI is InChI=1S/C25H35NO2/c1-18(2)23(25(28)20(5)24(27)19(3)4)26(16-21-12-8-6-9-13-21)17-22-14-10-7-11-15-22/h6-15,18-20,23-24,27H,16-17H2,1-5H3/t20-,23-,24-/m0/s1. The van der Waals surface area contributed by atoms with Crippen LogP contribution in [-0.4, -0.2) is 27.9 Å². The van der Waals surface area contributed by atoms with E-state index in [1.54, 1.807) is 0 Å². The minimum Gasteiger partial charge on any atom is -0.392 e. The number of rotatable bonds is 10. The molecule has 0 heterocycles. The third-order valence-corrected chi connectivity index (χ3v) is 5.42. The van der Waals surface area contributed by atoms with Crippen LogP contribution < -0.4 is 0 Å². The van der Waals surface area contributed by atoms with E-state index in [-0.39, 0.29) is 29.6 Å². The number of carbonyl (C=O) groups excluding carboxylic acids is 1. The minimum atomic E-state index is -0.621. The fraction of sp³-hybridized carbons (Fsp3) is 0.480. The maximum Gasteiger partial charge on any atom is 0.155 e. The molecule has 0 radical (unpaired) electrons. The zero-order valence-corrected chi connectivity index (χ0v) is 17.9. The predicted octanol–water partition coefficient (Wildman–Crippen LogP) is 4.94. The van der Waals surface area contributed by atoms with Crippen LogP contribution in [0.5, 0.6) is 0 Å². The smallest absolute Gasteiger partial charge is 0.155 e. The number of nitrogens with zero attached hydrogens (tertiary/aromatic N) is 1. The fourth-order valence-corrected chi connectivity index (χ4v) is 3.83. The highest BCUT2D eigenvalue weighted by Crippen LogP contribution is 2.24. The number of hydrogen-bond donors (Lipinski definition) is 1. The first-order valence-corrected chi connectivity index (χ1v) is 10.3. The first-order valence-electron chi connectivity index (χ1n) is 10.3. The molecule has 0 spiro atoms. The SMILES string of the molecule is CC(C)[C@@H](C(=O)[C@@H](C)[C@@H](O)C(C)C)N(Cc1ccccc1)Cc1ccccc1. The summed E-state index contributed by atoms with van der Waals surface area (Å²) in [6.07, 6.45) is -0.621. The molecule has 28 heavy (non-hydrogen) atoms. The van der Waals surface area contributed by atoms with E-state index in [0.717, 1.165) is 0 Å². The lowest BCUT2D eigenvalue weighted by Gasteiger charge is -2.36. The van der Waals surface area contributed by atoms with E-state index in [0.29, 0.717) is 13.1 Å². The average Bonchev–Trinajstić information content (AvgIpc) is 2.68. The summed E-state index contributed by atoms with van der Waals surface area (Å²) in [5.41, 5.74) is 2.38. The summed E-state index contributed by atoms with van der Waals surface area (Å²) in [7, 11) is 0. The Morgan fingerprint density at radius 2 is 1.21 bits per heavy atom. The van der Waals surface area contributed by atoms with Crippen molar-refractivity contribution in [3.63, 3.8) is 0 Å². The van der Waals surface area contributed by atoms with Crippen LogP contribution in [0.15, 0.2) is 60.7 Å². The molecule has 2 rings (SSSR count). The minimum absolute atomic E-state index is 0.0588. The van der Waals surface area contributed by atoms with Gasteiger partial charge in [-0.05, 0) is 23.0 Å². The van der Waals surface area contributed by atoms with E-state index in [1.165, 1.54) is 11.1 Å². The van der Waals surface area contributed by atoms with Gasteiger partial charge in [0.25, 0.3) is 0 Å². The monoisotopic (exact) mass is 381 g/mol. The molecule has 0 amide bonds. The highest BCUT2D eigenvalue weighted by Gasteiger charge is 2.35. The van der Waals surface area contributed by atoms with Crippen molar-refractivity contribution >= 4 is 5.78 Å². The maximum absolute atomic E-state index is 13.5. The van der Waals surface area contributed by atoms with Gasteiger partial charge >= 0.3 is 0 Å². The highest BCUT2D eigenvalue weighted by atomic mass is 16.3. The number of aliphatic hydroxyl groups is 1. The molecule has 2 aromatic rings. The summed E-state index contributed by atoms with van der Waals surface area (Å²) in [6, 6.07) is 20.3. The molecule has 3 atom stereocenters. The topological polar surface area (TPSA) is 40.5 Å². The third kappa shape index (κ3) is 6.02. The van der Waals surface area contributed by atoms with Gasteiger partial charge in [0.05, 0.1) is 12.1 Å². The summed E-state index contributed by atoms with van der Waals surface area (Å²) >= 11 is 0. The summed E-state index contributed by atoms with van der Waals surface area (Å²) in [5, 5.41) is 10.5. The second kappa shape index (κ2) is 10.5. The Hall–Kier alpha value is -1.97. The van der Waals surface area contributed by atoms with Crippen molar-refractivity contribution in [2.75, 3.05) is 0 Å². The second-order valence-electron chi connectivity index (χ2n) is 8.49. The highest BCUT2D eigenvalue weighted by molar-refractivity contribution is 5.86. The zero-order chi connectivity index (χ0) is 20.7. The van der Waals surface area contributed by atoms with Crippen molar-refractivity contribution in [1.82, 2.24) is 4.90 Å². The Balaban J connectivity index is 2.33. The summed E-state index contributed by atoms with van der Waals surface area (Å²) in [5.74, 6) is -0.0466. The summed E-state index contributed by atoms with van der Waals surface area (Å²) in [4.78, 5) is 15.7. The van der Waals surface area contributed by atoms with Crippen molar-refractivity contribution in [2.24, 2.45) is 17.8 Å². The number of aliphatic hydroxyl groups excluding tert-OH is 1. The normalized spacial score (nSPS) is 15.0. The molecule has 2 aromatic carbocycles. The number of carbonyl (C=O) groups is 1. The number of benzene rings is 2. The number of Topliss-reactive ketones (excluding diaryl/α,β-unsaturated/α-hetero) is 1. The van der Waals surface area contributed by atoms with Crippen LogP contribution in [0.2, 0.25) is 0 Å². The molecule has 0 aliphatic heterocycles. The van der Waals surface area contributed by atoms with Gasteiger partial charge in [0.2, 0.25) is 0 Å². The molecule has 0 unspecified atom stereocenters. The Bertz CT molecular complexity index is 670. The van der Waals surface area contributed by atoms with Crippen molar-refractivity contribution in [2.45, 2.75) is 59.9 Å². The molecule has 0 aromatic heterocycles. The molecule has 1 N–H and O–H groups in total. The quantitative estimate of drug-likeness (QED) is 0.634. The van der Waals surface area contributed by atoms with Crippen LogP contribution in [0.4, 0.5) is 0 Å². The number of ketones is 1. The van der Waals surface area contributed by atoms with Gasteiger partial charge in [-0.1, -0.05) is 95.3 Å². The van der Waals surface area contributed by atoms with Gasteiger partial charge in [-0.3, -0.25) is 9.69 Å². The molecule has 0 saturated carbocycles. The van der Waals surface area contributed by atoms with E-state index >= 15 is 0 Å². The lowest BCUT2D eigenvalue weighted by atomic mass is 9.84. The van der Waals surface area contributed by atoms with Gasteiger partial charge in [-0.15, -0.1) is 0 Å². The van der Waals surface area contributed by atoms with E-state index in [1.807, 2.05) is 57.2 Å². The van der Waals surface area contributed by atoms with Crippen molar-refractivity contribution < 1.29 is 9.90 Å². The molecule has 0 aliphatic rings. The third-order valence-electron chi connectivity index (χ3n) is 5.42. The summed E-state index contributed by atoms with van der Waals surface area (Å²) < 4.78 is 0. The molecular formula is C25H35NO2. The molecule has 152 valence electrons. The molecule has 0 fully saturated rings. The van der Waals surface area contributed by atoms with E-state index in [2.05, 4.69) is 43.0 Å². The van der Waals surface area contributed by atoms with Gasteiger partial charge < -0.3 is 5.11 Å². The van der Waals surface area contributed by atoms with Crippen molar-refractivity contribution in [3.05, 3.63) is 71.8 Å². The molecule has 3 heteroatoms. The van der Waals surface area contributed by atoms with Crippen LogP contribution in [0.25, 0.3) is 0 Å². The first kappa shape index (κ1) is 22.3. The van der Waals surface area contributed by atoms with E-state index in [4.69, 9.17) is 0 Å². The van der Waals surface area contributed by atoms with Gasteiger partial charge in [-0.25, -0.2) is 0 Å². The lowest BCUT2D eigenvalue weighted by molar-refractivity contribution is -0.134. The largest absolute Gasteiger partial charge is 0.392 e. The van der Waals surface area contributed by atoms with Crippen molar-refractivity contribution in [3.8, 4) is 0 Å². The van der Waals surface area contributed by atoms with Gasteiger partial charge in [0, 0.05) is 19.0 Å². The Labute approximate surface area is 170 Å². The molecule has 0 aliphatic carbocycles. The molecule has 0 bridgehead atoms. The average molecular weight is 382 g/mol. The lowest BCUT2D eigenvalue weighted by Crippen LogP contribution is -2.48. The van der Waals surface area contributed by atoms with Crippen LogP contribution in [0, 0.1) is 17.8 Å². The fourth-order valence-electron chi connectivity index (χ4n) is 3.83.